The van der Waals surface area contributed by atoms with E-state index < -0.39 is 279 Å². The molecule has 30 saturated heterocycles. The van der Waals surface area contributed by atoms with Crippen molar-refractivity contribution >= 4 is 20.2 Å². The van der Waals surface area contributed by atoms with Crippen molar-refractivity contribution in [1.29, 1.82) is 0 Å². The smallest absolute Gasteiger partial charge is 0.264 e. The minimum absolute atomic E-state index is 0.107. The minimum Gasteiger partial charge on any atom is -0.382 e. The maximum absolute atomic E-state index is 13.1. The van der Waals surface area contributed by atoms with E-state index in [1.807, 2.05) is 0 Å². The van der Waals surface area contributed by atoms with E-state index >= 15 is 0 Å². The molecule has 0 aromatic carbocycles. The summed E-state index contributed by atoms with van der Waals surface area (Å²) in [6.07, 6.45) is -47.0. The van der Waals surface area contributed by atoms with Crippen LogP contribution in [0.25, 0.3) is 0 Å². The second-order valence-electron chi connectivity index (χ2n) is 29.1. The molecule has 0 spiro atoms. The number of rotatable bonds is 34. The average molecular weight is 1760 g/mol. The lowest BCUT2D eigenvalue weighted by Gasteiger charge is -2.53. The molecule has 16 bridgehead atoms. The third-order valence-electron chi connectivity index (χ3n) is 22.3. The van der Waals surface area contributed by atoms with Crippen LogP contribution in [-0.2, 0) is 209 Å². The number of ether oxygens (including phenoxy) is 38. The fraction of sp³-hybridized carbons (Fsp3) is 1.00. The van der Waals surface area contributed by atoms with Crippen LogP contribution in [0.4, 0.5) is 0 Å². The highest BCUT2D eigenvalue weighted by Crippen LogP contribution is 2.44. The molecule has 30 heterocycles. The van der Waals surface area contributed by atoms with Crippen LogP contribution in [0.3, 0.4) is 0 Å². The molecule has 46 heteroatoms. The van der Waals surface area contributed by atoms with Crippen molar-refractivity contribution in [3.05, 3.63) is 0 Å². The molecule has 0 radical (unpaired) electrons. The van der Waals surface area contributed by atoms with E-state index in [1.165, 1.54) is 156 Å². The fourth-order valence-corrected chi connectivity index (χ4v) is 17.8. The molecule has 30 aliphatic heterocycles. The average Bonchev–Trinajstić information content (AvgIpc) is 0.762. The summed E-state index contributed by atoms with van der Waals surface area (Å²) in [5, 5.41) is 0. The van der Waals surface area contributed by atoms with E-state index in [9.17, 15) is 16.8 Å². The Morgan fingerprint density at radius 1 is 0.169 bits per heavy atom. The molecule has 30 aliphatic rings. The molecule has 0 aliphatic carbocycles. The van der Waals surface area contributed by atoms with Crippen molar-refractivity contribution in [2.45, 2.75) is 246 Å². The van der Waals surface area contributed by atoms with Gasteiger partial charge in [-0.3, -0.25) is 8.37 Å². The normalized spacial score (nSPS) is 44.6. The van der Waals surface area contributed by atoms with E-state index in [0.717, 1.165) is 12.5 Å². The van der Waals surface area contributed by atoms with Gasteiger partial charge in [0.25, 0.3) is 20.2 Å². The van der Waals surface area contributed by atoms with Gasteiger partial charge >= 0.3 is 0 Å². The first-order valence-corrected chi connectivity index (χ1v) is 42.0. The first-order chi connectivity index (χ1) is 56.8. The molecule has 118 heavy (non-hydrogen) atoms. The fourth-order valence-electron chi connectivity index (χ4n) is 17.0. The summed E-state index contributed by atoms with van der Waals surface area (Å²) in [7, 11) is 22.9. The first kappa shape index (κ1) is 100. The van der Waals surface area contributed by atoms with Gasteiger partial charge in [-0.25, -0.2) is 0 Å². The van der Waals surface area contributed by atoms with E-state index in [4.69, 9.17) is 188 Å². The zero-order chi connectivity index (χ0) is 86.0. The van der Waals surface area contributed by atoms with Crippen LogP contribution in [0.1, 0.15) is 0 Å². The SMILES string of the molecule is COC[C@H]1O[C@@H]2O[C@H]3[C@H](OC)[C@@H](OC)[C@@H](O[C@H]4[C@H](OC)[C@@H](OC)[C@@H](O[C@H]5[C@H](OC)[C@@H](OC)[C@@H](O[C@H]6[C@H](OC)[C@@H](OC)[C@@H](O[C@H]7[C@H](OC)[C@@H](OC)[C@@H](O[C@H]8[C@H](OC)[C@@H](OC)[C@@H](O[C@H]9[C@H](OC)[C@@H](OC)[C@@H](O[C@H]1[C@H](OC)[C@H]2OC)O[C@@H]9COC)O[C@@H]8COC)O[C@@H]7COS(C)(=O)=O)O[C@@H]6COC)O[C@@H]5COS(C)(=O)=O)O[C@@H]4COC)O[C@@H]3COC. The summed E-state index contributed by atoms with van der Waals surface area (Å²) in [6.45, 7) is -2.30. The van der Waals surface area contributed by atoms with Crippen LogP contribution in [0, 0.1) is 0 Å². The zero-order valence-electron chi connectivity index (χ0n) is 71.5. The van der Waals surface area contributed by atoms with Crippen LogP contribution in [-0.4, -0.2) is 484 Å². The van der Waals surface area contributed by atoms with Gasteiger partial charge in [-0.2, -0.15) is 16.8 Å². The Morgan fingerprint density at radius 2 is 0.280 bits per heavy atom. The van der Waals surface area contributed by atoms with Crippen molar-refractivity contribution in [3.8, 4) is 0 Å². The van der Waals surface area contributed by atoms with Gasteiger partial charge < -0.3 is 180 Å². The van der Waals surface area contributed by atoms with E-state index in [0.29, 0.717) is 0 Å². The van der Waals surface area contributed by atoms with Crippen LogP contribution < -0.4 is 0 Å². The summed E-state index contributed by atoms with van der Waals surface area (Å²) < 4.78 is 310. The van der Waals surface area contributed by atoms with Gasteiger partial charge in [-0.15, -0.1) is 0 Å². The third-order valence-corrected chi connectivity index (χ3v) is 23.4. The zero-order valence-corrected chi connectivity index (χ0v) is 73.2. The molecular weight excluding hydrogens is 1630 g/mol. The number of hydrogen-bond donors (Lipinski definition) is 0. The predicted octanol–water partition coefficient (Wildman–Crippen LogP) is -3.05. The number of methoxy groups -OCH3 is 22. The summed E-state index contributed by atoms with van der Waals surface area (Å²) in [6, 6.07) is 0. The van der Waals surface area contributed by atoms with Crippen molar-refractivity contribution in [3.63, 3.8) is 0 Å². The molecule has 30 fully saturated rings. The van der Waals surface area contributed by atoms with Crippen LogP contribution in [0.5, 0.6) is 0 Å². The van der Waals surface area contributed by atoms with Gasteiger partial charge in [0, 0.05) is 156 Å². The van der Waals surface area contributed by atoms with E-state index in [2.05, 4.69) is 0 Å². The highest BCUT2D eigenvalue weighted by Gasteiger charge is 2.63. The van der Waals surface area contributed by atoms with E-state index in [1.54, 1.807) is 0 Å². The molecular formula is C72H128O44S2. The standard InChI is InChI=1S/C72H128O44S2/c1-77-25-33-41-49(83-7)57(91-15)65(101-33)110-42-34(26-78-2)103-67(59(93-17)50(42)84-8)112-44-36(28-80-4)105-69(61(95-19)52(44)86-10)115-47-39(31-99-117(23,73)74)108-72(64(98-22)55(47)89-13)114-46-38(30-82-6)106-70(62(96-20)54(46)88-12)116-48-40(32-100-118(24,75)76)107-71(63(97-21)56(48)90-14)113-45-37(29-81-5)104-68(60(94-18)53(45)87-11)111-43-35(27-79-3)102-66(109-41)58(92-16)51(43)85-9/h33-72H,25-32H2,1-24H3/t33-,34-,35-,36-,37-,38-,39-,40-,41-,42-,43-,44-,45-,46-,47-,48-,49+,50+,51+,52+,53+,54+,55+,56+,57-,58-,59-,60-,61-,62-,63-,64-,65-,66-,67-,68-,69-,70-,71-,72-/m1/s1. The molecule has 0 aromatic rings. The molecule has 0 amide bonds. The van der Waals surface area contributed by atoms with Gasteiger partial charge in [-0.05, 0) is 0 Å². The monoisotopic (exact) mass is 1760 g/mol. The van der Waals surface area contributed by atoms with Crippen LogP contribution >= 0.6 is 0 Å². The van der Waals surface area contributed by atoms with E-state index in [-0.39, 0.29) is 39.6 Å². The van der Waals surface area contributed by atoms with Gasteiger partial charge in [0.1, 0.15) is 195 Å². The Bertz CT molecular complexity index is 3050. The van der Waals surface area contributed by atoms with Crippen molar-refractivity contribution in [2.24, 2.45) is 0 Å². The van der Waals surface area contributed by atoms with Crippen molar-refractivity contribution in [1.82, 2.24) is 0 Å². The molecule has 0 saturated carbocycles. The molecule has 0 unspecified atom stereocenters. The van der Waals surface area contributed by atoms with Gasteiger partial charge in [0.15, 0.2) is 50.3 Å². The van der Waals surface area contributed by atoms with Crippen molar-refractivity contribution < 1.29 is 205 Å². The summed E-state index contributed by atoms with van der Waals surface area (Å²) in [5.74, 6) is 0. The number of hydrogen-bond acceptors (Lipinski definition) is 44. The Labute approximate surface area is 690 Å². The molecule has 0 N–H and O–H groups in total. The summed E-state index contributed by atoms with van der Waals surface area (Å²) in [5.41, 5.74) is 0. The Hall–Kier alpha value is -1.70. The lowest BCUT2D eigenvalue weighted by Crippen LogP contribution is -2.70. The molecule has 30 rings (SSSR count). The Balaban J connectivity index is 1.15. The summed E-state index contributed by atoms with van der Waals surface area (Å²) >= 11 is 0. The van der Waals surface area contributed by atoms with Gasteiger partial charge in [0.2, 0.25) is 0 Å². The maximum atomic E-state index is 13.1. The lowest BCUT2D eigenvalue weighted by atomic mass is 9.94. The molecule has 44 nitrogen and oxygen atoms in total. The highest BCUT2D eigenvalue weighted by atomic mass is 32.2. The molecule has 40 atom stereocenters. The second kappa shape index (κ2) is 47.4. The summed E-state index contributed by atoms with van der Waals surface area (Å²) in [4.78, 5) is 0. The van der Waals surface area contributed by atoms with Crippen molar-refractivity contribution in [2.75, 3.05) is 222 Å². The van der Waals surface area contributed by atoms with Gasteiger partial charge in [0.05, 0.1) is 65.4 Å². The Kier molecular flexibility index (Phi) is 40.2. The minimum atomic E-state index is -4.22. The first-order valence-electron chi connectivity index (χ1n) is 38.4. The maximum Gasteiger partial charge on any atom is 0.264 e. The largest absolute Gasteiger partial charge is 0.382 e. The van der Waals surface area contributed by atoms with Crippen LogP contribution in [0.2, 0.25) is 0 Å². The third kappa shape index (κ3) is 23.1. The highest BCUT2D eigenvalue weighted by molar-refractivity contribution is 7.86. The lowest BCUT2D eigenvalue weighted by molar-refractivity contribution is -0.409. The quantitative estimate of drug-likeness (QED) is 0.0578. The van der Waals surface area contributed by atoms with Gasteiger partial charge in [-0.1, -0.05) is 0 Å². The van der Waals surface area contributed by atoms with Crippen LogP contribution in [0.15, 0.2) is 0 Å². The molecule has 692 valence electrons. The Morgan fingerprint density at radius 3 is 0.373 bits per heavy atom. The molecule has 0 aromatic heterocycles. The second-order valence-corrected chi connectivity index (χ2v) is 32.4. The topological polar surface area (TPSA) is 437 Å². The predicted molar refractivity (Wildman–Crippen MR) is 394 cm³/mol.